The zero-order chi connectivity index (χ0) is 14.1. The van der Waals surface area contributed by atoms with Crippen LogP contribution in [0.1, 0.15) is 0 Å². The van der Waals surface area contributed by atoms with Gasteiger partial charge in [-0.25, -0.2) is 0 Å². The first-order valence-electron chi connectivity index (χ1n) is 4.55. The number of carbonyl (C=O) groups excluding carboxylic acids is 1. The quantitative estimate of drug-likeness (QED) is 0.854. The Morgan fingerprint density at radius 1 is 1.28 bits per heavy atom. The molecular formula is C9H10F5NO2S. The Balaban J connectivity index is 3.05. The number of rotatable bonds is 4. The van der Waals surface area contributed by atoms with Crippen molar-refractivity contribution < 1.29 is 29.0 Å². The lowest BCUT2D eigenvalue weighted by Gasteiger charge is -2.40. The van der Waals surface area contributed by atoms with Gasteiger partial charge in [-0.3, -0.25) is 4.79 Å². The Morgan fingerprint density at radius 2 is 1.89 bits per heavy atom. The van der Waals surface area contributed by atoms with Crippen LogP contribution < -0.4 is 5.32 Å². The van der Waals surface area contributed by atoms with Gasteiger partial charge >= 0.3 is 10.2 Å². The van der Waals surface area contributed by atoms with Crippen molar-refractivity contribution in [2.75, 3.05) is 19.0 Å². The van der Waals surface area contributed by atoms with Crippen LogP contribution in [0.15, 0.2) is 29.2 Å². The van der Waals surface area contributed by atoms with E-state index in [9.17, 15) is 24.2 Å². The lowest BCUT2D eigenvalue weighted by Crippen LogP contribution is -2.17. The highest BCUT2D eigenvalue weighted by molar-refractivity contribution is 8.45. The van der Waals surface area contributed by atoms with Gasteiger partial charge in [0.15, 0.2) is 0 Å². The molecular weight excluding hydrogens is 281 g/mol. The summed E-state index contributed by atoms with van der Waals surface area (Å²) in [7, 11) is -8.51. The van der Waals surface area contributed by atoms with E-state index in [0.29, 0.717) is 0 Å². The van der Waals surface area contributed by atoms with Crippen LogP contribution in [0.4, 0.5) is 25.1 Å². The van der Waals surface area contributed by atoms with Crippen LogP contribution in [0.2, 0.25) is 0 Å². The van der Waals surface area contributed by atoms with Crippen LogP contribution >= 0.6 is 10.2 Å². The molecule has 1 aromatic carbocycles. The smallest absolute Gasteiger partial charge is 0.310 e. The number of ether oxygens (including phenoxy) is 1. The molecule has 0 radical (unpaired) electrons. The molecule has 0 spiro atoms. The Kier molecular flexibility index (Phi) is 3.12. The van der Waals surface area contributed by atoms with E-state index < -0.39 is 21.0 Å². The van der Waals surface area contributed by atoms with Crippen LogP contribution in [-0.4, -0.2) is 19.6 Å². The van der Waals surface area contributed by atoms with Crippen molar-refractivity contribution in [2.24, 2.45) is 0 Å². The van der Waals surface area contributed by atoms with E-state index >= 15 is 0 Å². The second-order valence-corrected chi connectivity index (χ2v) is 5.89. The number of nitrogens with one attached hydrogen (secondary N) is 1. The van der Waals surface area contributed by atoms with Crippen molar-refractivity contribution in [1.29, 1.82) is 0 Å². The zero-order valence-corrected chi connectivity index (χ0v) is 9.95. The molecule has 0 aliphatic heterocycles. The van der Waals surface area contributed by atoms with Crippen molar-refractivity contribution in [3.05, 3.63) is 24.3 Å². The summed E-state index contributed by atoms with van der Waals surface area (Å²) in [5, 5.41) is 2.01. The number of hydrogen-bond donors (Lipinski definition) is 1. The van der Waals surface area contributed by atoms with Crippen LogP contribution in [0, 0.1) is 0 Å². The molecule has 18 heavy (non-hydrogen) atoms. The third-order valence-corrected chi connectivity index (χ3v) is 2.98. The predicted molar refractivity (Wildman–Crippen MR) is 58.3 cm³/mol. The van der Waals surface area contributed by atoms with E-state index in [1.54, 1.807) is 0 Å². The molecule has 104 valence electrons. The predicted octanol–water partition coefficient (Wildman–Crippen LogP) is 3.93. The largest absolute Gasteiger partial charge is 0.375 e. The highest BCUT2D eigenvalue weighted by atomic mass is 32.5. The van der Waals surface area contributed by atoms with Crippen molar-refractivity contribution in [1.82, 2.24) is 0 Å². The molecule has 1 aromatic rings. The van der Waals surface area contributed by atoms with E-state index in [2.05, 4.69) is 4.74 Å². The monoisotopic (exact) mass is 291 g/mol. The molecule has 0 heterocycles. The molecule has 1 amide bonds. The van der Waals surface area contributed by atoms with Gasteiger partial charge in [0, 0.05) is 12.8 Å². The van der Waals surface area contributed by atoms with Gasteiger partial charge < -0.3 is 10.1 Å². The molecule has 0 fully saturated rings. The van der Waals surface area contributed by atoms with Gasteiger partial charge in [0.05, 0.1) is 0 Å². The molecule has 0 saturated heterocycles. The summed E-state index contributed by atoms with van der Waals surface area (Å²) in [6.45, 7) is -0.388. The number of hydrogen-bond acceptors (Lipinski definition) is 2. The third-order valence-electron chi connectivity index (χ3n) is 1.84. The maximum Gasteiger partial charge on any atom is 0.310 e. The second-order valence-electron chi connectivity index (χ2n) is 3.48. The average molecular weight is 291 g/mol. The van der Waals surface area contributed by atoms with Crippen molar-refractivity contribution in [2.45, 2.75) is 4.90 Å². The van der Waals surface area contributed by atoms with Gasteiger partial charge in [-0.05, 0) is 18.2 Å². The molecule has 0 bridgehead atoms. The molecule has 3 nitrogen and oxygen atoms in total. The Hall–Kier alpha value is -1.35. The molecule has 0 aliphatic carbocycles. The van der Waals surface area contributed by atoms with Crippen molar-refractivity contribution in [3.63, 3.8) is 0 Å². The minimum absolute atomic E-state index is 0.190. The highest BCUT2D eigenvalue weighted by Gasteiger charge is 2.65. The van der Waals surface area contributed by atoms with Gasteiger partial charge in [-0.15, -0.1) is 0 Å². The summed E-state index contributed by atoms with van der Waals surface area (Å²) in [6, 6.07) is 2.30. The molecule has 0 saturated carbocycles. The first kappa shape index (κ1) is 14.7. The van der Waals surface area contributed by atoms with Gasteiger partial charge in [0.1, 0.15) is 11.5 Å². The minimum Gasteiger partial charge on any atom is -0.375 e. The van der Waals surface area contributed by atoms with Crippen molar-refractivity contribution in [3.8, 4) is 0 Å². The molecule has 1 rings (SSSR count). The normalized spacial score (nSPS) is 15.7. The highest BCUT2D eigenvalue weighted by Crippen LogP contribution is 3.02. The minimum atomic E-state index is -9.72. The summed E-state index contributed by atoms with van der Waals surface area (Å²) in [6.07, 6.45) is 0. The van der Waals surface area contributed by atoms with Crippen molar-refractivity contribution >= 4 is 21.8 Å². The van der Waals surface area contributed by atoms with Gasteiger partial charge in [0.2, 0.25) is 5.91 Å². The fourth-order valence-electron chi connectivity index (χ4n) is 1.14. The van der Waals surface area contributed by atoms with E-state index in [1.165, 1.54) is 7.11 Å². The molecule has 9 heteroatoms. The Bertz CT molecular complexity index is 473. The summed E-state index contributed by atoms with van der Waals surface area (Å²) in [5.74, 6) is -0.739. The first-order valence-corrected chi connectivity index (χ1v) is 6.50. The van der Waals surface area contributed by atoms with E-state index in [4.69, 9.17) is 0 Å². The van der Waals surface area contributed by atoms with Crippen LogP contribution in [0.5, 0.6) is 0 Å². The average Bonchev–Trinajstić information content (AvgIpc) is 2.14. The molecule has 0 aromatic heterocycles. The number of methoxy groups -OCH3 is 1. The molecule has 1 N–H and O–H groups in total. The standard InChI is InChI=1S/C9H10F5NO2S/c1-17-6-9(16)15-7-3-2-4-8(5-7)18(10,11,12,13)14/h2-5H,6H2,1H3,(H,15,16). The summed E-state index contributed by atoms with van der Waals surface area (Å²) < 4.78 is 66.8. The van der Waals surface area contributed by atoms with Gasteiger partial charge in [-0.2, -0.15) is 0 Å². The topological polar surface area (TPSA) is 38.3 Å². The zero-order valence-electron chi connectivity index (χ0n) is 9.13. The van der Waals surface area contributed by atoms with E-state index in [1.807, 2.05) is 5.32 Å². The SMILES string of the molecule is COCC(=O)Nc1cccc(S(F)(F)(F)(F)F)c1. The molecule has 0 atom stereocenters. The Labute approximate surface area is 99.7 Å². The fourth-order valence-corrected chi connectivity index (χ4v) is 1.83. The first-order chi connectivity index (χ1) is 7.92. The lowest BCUT2D eigenvalue weighted by molar-refractivity contribution is -0.119. The number of benzene rings is 1. The maximum absolute atomic E-state index is 12.5. The number of carbonyl (C=O) groups is 1. The van der Waals surface area contributed by atoms with Gasteiger partial charge in [0.25, 0.3) is 0 Å². The van der Waals surface area contributed by atoms with Crippen LogP contribution in [0.3, 0.4) is 0 Å². The van der Waals surface area contributed by atoms with E-state index in [-0.39, 0.29) is 24.4 Å². The van der Waals surface area contributed by atoms with E-state index in [0.717, 1.165) is 12.1 Å². The Morgan fingerprint density at radius 3 is 2.39 bits per heavy atom. The summed E-state index contributed by atoms with van der Waals surface area (Å²) >= 11 is 0. The summed E-state index contributed by atoms with van der Waals surface area (Å²) in [5.41, 5.74) is -0.372. The number of amides is 1. The lowest BCUT2D eigenvalue weighted by atomic mass is 10.3. The molecule has 0 aliphatic rings. The van der Waals surface area contributed by atoms with Crippen LogP contribution in [0.25, 0.3) is 0 Å². The fraction of sp³-hybridized carbons (Fsp3) is 0.222. The third kappa shape index (κ3) is 4.15. The second kappa shape index (κ2) is 3.82. The number of anilines is 1. The number of halogens is 5. The van der Waals surface area contributed by atoms with Gasteiger partial charge in [-0.1, -0.05) is 25.5 Å². The van der Waals surface area contributed by atoms with Crippen LogP contribution in [-0.2, 0) is 9.53 Å². The summed E-state index contributed by atoms with van der Waals surface area (Å²) in [4.78, 5) is 8.99. The maximum atomic E-state index is 12.5. The molecule has 0 unspecified atom stereocenters.